The van der Waals surface area contributed by atoms with Gasteiger partial charge in [0.2, 0.25) is 0 Å². The van der Waals surface area contributed by atoms with Gasteiger partial charge in [0.15, 0.2) is 49.8 Å². The number of carboxylic acids is 2. The summed E-state index contributed by atoms with van der Waals surface area (Å²) in [7, 11) is -46.7. The molecule has 0 amide bonds. The Morgan fingerprint density at radius 1 is 0.333 bits per heavy atom. The molecule has 0 aromatic heterocycles. The number of nitrogens with one attached hydrogen (secondary N) is 3. The van der Waals surface area contributed by atoms with Gasteiger partial charge in [0, 0.05) is 0 Å². The molecule has 5 saturated heterocycles. The summed E-state index contributed by atoms with van der Waals surface area (Å²) in [5, 5.41) is 97.8. The summed E-state index contributed by atoms with van der Waals surface area (Å²) in [6, 6.07) is -8.42. The van der Waals surface area contributed by atoms with Crippen LogP contribution in [0, 0.1) is 0 Å². The fourth-order valence-electron chi connectivity index (χ4n) is 8.80. The Morgan fingerprint density at radius 3 is 1.14 bits per heavy atom. The normalized spacial score (nSPS) is 38.9. The molecular formula is C30H51N3O49S8. The van der Waals surface area contributed by atoms with Crippen LogP contribution in [0.3, 0.4) is 0 Å². The highest BCUT2D eigenvalue weighted by Gasteiger charge is 2.61. The van der Waals surface area contributed by atoms with Gasteiger partial charge in [-0.1, -0.05) is 0 Å². The van der Waals surface area contributed by atoms with Crippen LogP contribution < -0.4 is 14.2 Å². The van der Waals surface area contributed by atoms with E-state index in [9.17, 15) is 150 Å². The minimum absolute atomic E-state index is 1.09. The number of ether oxygens (including phenoxy) is 9. The second-order valence-corrected chi connectivity index (χ2v) is 27.4. The van der Waals surface area contributed by atoms with E-state index in [1.54, 1.807) is 0 Å². The van der Waals surface area contributed by atoms with Gasteiger partial charge in [-0.2, -0.15) is 81.5 Å². The van der Waals surface area contributed by atoms with E-state index in [-0.39, 0.29) is 0 Å². The van der Waals surface area contributed by atoms with Crippen molar-refractivity contribution in [2.45, 2.75) is 153 Å². The molecule has 0 unspecified atom stereocenters. The molecule has 90 heavy (non-hydrogen) atoms. The second-order valence-electron chi connectivity index (χ2n) is 18.5. The fourth-order valence-corrected chi connectivity index (χ4v) is 12.5. The van der Waals surface area contributed by atoms with Gasteiger partial charge in [-0.05, 0) is 0 Å². The van der Waals surface area contributed by atoms with Crippen LogP contribution in [0.15, 0.2) is 0 Å². The van der Waals surface area contributed by atoms with E-state index in [0.29, 0.717) is 0 Å². The van der Waals surface area contributed by atoms with Crippen LogP contribution in [-0.2, 0) is 156 Å². The van der Waals surface area contributed by atoms with Crippen molar-refractivity contribution in [1.82, 2.24) is 14.2 Å². The van der Waals surface area contributed by atoms with E-state index in [1.165, 1.54) is 9.44 Å². The van der Waals surface area contributed by atoms with E-state index in [4.69, 9.17) is 51.7 Å². The first-order chi connectivity index (χ1) is 40.6. The molecule has 0 bridgehead atoms. The Kier molecular flexibility index (Phi) is 25.4. The first kappa shape index (κ1) is 78.0. The molecule has 52 nitrogen and oxygen atoms in total. The summed E-state index contributed by atoms with van der Waals surface area (Å²) in [6.07, 6.45) is -64.7. The molecule has 20 N–H and O–H groups in total. The largest absolute Gasteiger partial charge is 0.479 e. The molecule has 0 saturated carbocycles. The van der Waals surface area contributed by atoms with Gasteiger partial charge in [-0.15, -0.1) is 0 Å². The first-order valence-electron chi connectivity index (χ1n) is 23.2. The minimum atomic E-state index is -6.36. The van der Waals surface area contributed by atoms with Crippen LogP contribution in [0.4, 0.5) is 0 Å². The molecule has 5 aliphatic heterocycles. The van der Waals surface area contributed by atoms with Gasteiger partial charge >= 0.3 is 94.8 Å². The zero-order chi connectivity index (χ0) is 68.7. The predicted molar refractivity (Wildman–Crippen MR) is 257 cm³/mol. The number of hydrogen-bond acceptors (Lipinski definition) is 39. The van der Waals surface area contributed by atoms with E-state index in [0.717, 1.165) is 4.72 Å². The highest BCUT2D eigenvalue weighted by atomic mass is 32.3. The maximum absolute atomic E-state index is 12.9. The summed E-state index contributed by atoms with van der Waals surface area (Å²) in [4.78, 5) is 25.7. The fraction of sp³-hybridized carbons (Fsp3) is 0.933. The van der Waals surface area contributed by atoms with Crippen LogP contribution in [0.25, 0.3) is 0 Å². The quantitative estimate of drug-likeness (QED) is 0.0309. The lowest BCUT2D eigenvalue weighted by Gasteiger charge is -2.50. The first-order valence-corrected chi connectivity index (χ1v) is 34.3. The van der Waals surface area contributed by atoms with Gasteiger partial charge < -0.3 is 88.6 Å². The zero-order valence-electron chi connectivity index (χ0n) is 43.0. The monoisotopic (exact) mass is 1490 g/mol. The molecule has 5 heterocycles. The van der Waals surface area contributed by atoms with Crippen LogP contribution in [-0.4, -0.2) is 335 Å². The van der Waals surface area contributed by atoms with Crippen molar-refractivity contribution in [2.24, 2.45) is 0 Å². The van der Waals surface area contributed by atoms with Crippen molar-refractivity contribution in [3.05, 3.63) is 0 Å². The van der Waals surface area contributed by atoms with Crippen molar-refractivity contribution in [3.63, 3.8) is 0 Å². The van der Waals surface area contributed by atoms with Crippen molar-refractivity contribution in [1.29, 1.82) is 0 Å². The molecule has 0 aliphatic carbocycles. The molecule has 0 aromatic carbocycles. The Balaban J connectivity index is 1.59. The standard InChI is InChI=1S/C30H51N3O49S8/c34-10-4(1-69-86(54,55)56)73-27(8(11(10)35)32-84(48,49)50)77-19-13(37)14(38)29(79-22(19)24(40)41)76-17-6(3-71-88(60,61)62)74-28(9(33-85(51,52)53)18(17)81-89(63,64)65)78-20-15(39)21(82-90(66,67)68)30(80-23(20)25(42)43)75-16-5(2-70-87(57,58)59)72-26(44)7(12(16)36)31-83(45,46)47/h4-23,26-39,44H,1-3H2,(H,40,41)(H,42,43)(H,45,46,47)(H,48,49,50)(H,51,52,53)(H,54,55,56)(H,57,58,59)(H,60,61,62)(H,63,64,65)(H,66,67,68)/t4-,5-,6-,7-,8-,9-,10-,11-,12-,13-,14-,15+,16-,17-,18-,19+,20+,21-,22+,23-,26+,27-,28-,29+,30+/m1/s1. The molecule has 5 aliphatic rings. The van der Waals surface area contributed by atoms with Crippen LogP contribution >= 0.6 is 0 Å². The highest BCUT2D eigenvalue weighted by molar-refractivity contribution is 7.84. The summed E-state index contributed by atoms with van der Waals surface area (Å²) in [5.41, 5.74) is 0. The average molecular weight is 1490 g/mol. The Labute approximate surface area is 502 Å². The van der Waals surface area contributed by atoms with E-state index in [1.807, 2.05) is 0 Å². The van der Waals surface area contributed by atoms with Crippen LogP contribution in [0.5, 0.6) is 0 Å². The summed E-state index contributed by atoms with van der Waals surface area (Å²) >= 11 is 0. The maximum atomic E-state index is 12.9. The lowest BCUT2D eigenvalue weighted by molar-refractivity contribution is -0.372. The number of rotatable bonds is 29. The Hall–Kier alpha value is -2.74. The molecule has 5 rings (SSSR count). The van der Waals surface area contributed by atoms with Gasteiger partial charge in [-0.3, -0.25) is 36.4 Å². The topological polar surface area (TPSA) is 816 Å². The Bertz CT molecular complexity index is 3470. The number of carbonyl (C=O) groups is 2. The molecule has 25 atom stereocenters. The average Bonchev–Trinajstić information content (AvgIpc) is 0.774. The molecule has 5 fully saturated rings. The lowest BCUT2D eigenvalue weighted by Crippen LogP contribution is -2.71. The van der Waals surface area contributed by atoms with Gasteiger partial charge in [0.05, 0.1) is 19.8 Å². The minimum Gasteiger partial charge on any atom is -0.479 e. The van der Waals surface area contributed by atoms with Gasteiger partial charge in [-0.25, -0.2) is 30.5 Å². The third kappa shape index (κ3) is 22.4. The van der Waals surface area contributed by atoms with Crippen molar-refractivity contribution in [2.75, 3.05) is 19.8 Å². The third-order valence-electron chi connectivity index (χ3n) is 12.2. The summed E-state index contributed by atoms with van der Waals surface area (Å²) in [5.74, 6) is -4.94. The van der Waals surface area contributed by atoms with Gasteiger partial charge in [0.25, 0.3) is 0 Å². The third-order valence-corrected chi connectivity index (χ3v) is 16.2. The number of aliphatic hydroxyl groups excluding tert-OH is 7. The van der Waals surface area contributed by atoms with Crippen molar-refractivity contribution >= 4 is 94.8 Å². The SMILES string of the molecule is O=C(O)[C@H]1O[C@H](O[C@H]2[C@H](OS(=O)(=O)O)[C@@H](NS(=O)(=O)O)[C@@H](O[C@H]3[C@H](O)[C@@H](OS(=O)(=O)O)[C@@H](O[C@H]4[C@H](O)[C@@H](NS(=O)(=O)O)[C@@H](O)O[C@@H]4COS(=O)(=O)O)O[C@H]3C(=O)O)O[C@@H]2COS(=O)(=O)O)[C@H](O)[C@@H](O)[C@@H]1O[C@H]1O[C@H](COS(=O)(=O)O)[C@@H](O)[C@H](O)[C@H]1NS(=O)(=O)O. The zero-order valence-corrected chi connectivity index (χ0v) is 49.5. The van der Waals surface area contributed by atoms with E-state index >= 15 is 0 Å². The number of aliphatic hydroxyl groups is 7. The van der Waals surface area contributed by atoms with E-state index in [2.05, 4.69) is 20.9 Å². The van der Waals surface area contributed by atoms with Gasteiger partial charge in [0.1, 0.15) is 104 Å². The summed E-state index contributed by atoms with van der Waals surface area (Å²) in [6.45, 7) is -5.16. The Morgan fingerprint density at radius 2 is 0.700 bits per heavy atom. The highest BCUT2D eigenvalue weighted by Crippen LogP contribution is 2.38. The lowest BCUT2D eigenvalue weighted by atomic mass is 9.94. The molecular weight excluding hydrogens is 1440 g/mol. The second kappa shape index (κ2) is 29.3. The maximum Gasteiger partial charge on any atom is 0.397 e. The number of hydrogen-bond donors (Lipinski definition) is 20. The summed E-state index contributed by atoms with van der Waals surface area (Å²) < 4.78 is 339. The molecule has 0 spiro atoms. The van der Waals surface area contributed by atoms with Crippen LogP contribution in [0.1, 0.15) is 0 Å². The number of carboxylic acid groups (broad SMARTS) is 2. The molecule has 0 radical (unpaired) electrons. The number of aliphatic carboxylic acids is 2. The van der Waals surface area contributed by atoms with E-state index < -0.39 is 268 Å². The van der Waals surface area contributed by atoms with Crippen molar-refractivity contribution in [3.8, 4) is 0 Å². The predicted octanol–water partition coefficient (Wildman–Crippen LogP) is -14.4. The molecule has 528 valence electrons. The smallest absolute Gasteiger partial charge is 0.397 e. The molecule has 60 heteroatoms. The van der Waals surface area contributed by atoms with Crippen LogP contribution in [0.2, 0.25) is 0 Å². The molecule has 0 aromatic rings. The van der Waals surface area contributed by atoms with Crippen molar-refractivity contribution < 1.29 is 223 Å².